The van der Waals surface area contributed by atoms with Crippen molar-refractivity contribution < 1.29 is 4.74 Å². The van der Waals surface area contributed by atoms with Crippen LogP contribution >= 0.6 is 0 Å². The van der Waals surface area contributed by atoms with Crippen molar-refractivity contribution in [3.05, 3.63) is 65.2 Å². The smallest absolute Gasteiger partial charge is 0.119 e. The van der Waals surface area contributed by atoms with Gasteiger partial charge in [-0.2, -0.15) is 5.26 Å². The molecule has 2 nitrogen and oxygen atoms in total. The molecule has 0 radical (unpaired) electrons. The number of hydrogen-bond donors (Lipinski definition) is 0. The number of nitrogens with zero attached hydrogens (tertiary/aromatic N) is 1. The molecule has 2 rings (SSSR count). The van der Waals surface area contributed by atoms with Gasteiger partial charge >= 0.3 is 0 Å². The topological polar surface area (TPSA) is 33.0 Å². The van der Waals surface area contributed by atoms with Crippen LogP contribution in [-0.2, 0) is 0 Å². The molecule has 24 heavy (non-hydrogen) atoms. The molecule has 0 fully saturated rings. The lowest BCUT2D eigenvalue weighted by molar-refractivity contribution is 0.256. The zero-order chi connectivity index (χ0) is 17.2. The number of nitriles is 1. The predicted molar refractivity (Wildman–Crippen MR) is 96.3 cm³/mol. The fourth-order valence-corrected chi connectivity index (χ4v) is 1.83. The van der Waals surface area contributed by atoms with Crippen molar-refractivity contribution in [2.24, 2.45) is 5.92 Å². The van der Waals surface area contributed by atoms with Crippen molar-refractivity contribution >= 4 is 0 Å². The fraction of sp³-hybridized carbons (Fsp3) is 0.227. The summed E-state index contributed by atoms with van der Waals surface area (Å²) < 4.78 is 5.72. The minimum absolute atomic E-state index is 0.557. The standard InChI is InChI=1S/C22H19NO/c1-3-18(2)17-24-22-14-12-20(13-15-22)7-5-4-6-19-8-10-21(16-23)11-9-19/h8-15,18H,3,17H2,1-2H3/t18-/m0/s1. The average molecular weight is 313 g/mol. The average Bonchev–Trinajstić information content (AvgIpc) is 2.64. The largest absolute Gasteiger partial charge is 0.493 e. The van der Waals surface area contributed by atoms with Crippen LogP contribution in [0.5, 0.6) is 5.75 Å². The maximum Gasteiger partial charge on any atom is 0.119 e. The van der Waals surface area contributed by atoms with Crippen LogP contribution in [0.3, 0.4) is 0 Å². The molecule has 2 aromatic carbocycles. The summed E-state index contributed by atoms with van der Waals surface area (Å²) in [6.45, 7) is 5.07. The molecular formula is C22H19NO. The summed E-state index contributed by atoms with van der Waals surface area (Å²) in [7, 11) is 0. The lowest BCUT2D eigenvalue weighted by atomic mass is 10.1. The van der Waals surface area contributed by atoms with E-state index in [1.165, 1.54) is 0 Å². The van der Waals surface area contributed by atoms with E-state index < -0.39 is 0 Å². The van der Waals surface area contributed by atoms with Crippen molar-refractivity contribution in [1.82, 2.24) is 0 Å². The molecule has 0 spiro atoms. The lowest BCUT2D eigenvalue weighted by Gasteiger charge is -2.10. The van der Waals surface area contributed by atoms with Gasteiger partial charge in [-0.3, -0.25) is 0 Å². The number of rotatable bonds is 4. The van der Waals surface area contributed by atoms with Gasteiger partial charge in [0.25, 0.3) is 0 Å². The number of ether oxygens (including phenoxy) is 1. The molecule has 0 aliphatic heterocycles. The van der Waals surface area contributed by atoms with Crippen LogP contribution in [0.2, 0.25) is 0 Å². The third-order valence-corrected chi connectivity index (χ3v) is 3.58. The van der Waals surface area contributed by atoms with E-state index in [4.69, 9.17) is 10.00 Å². The van der Waals surface area contributed by atoms with Crippen molar-refractivity contribution in [3.63, 3.8) is 0 Å². The second-order valence-electron chi connectivity index (χ2n) is 5.54. The van der Waals surface area contributed by atoms with Crippen LogP contribution in [0.15, 0.2) is 48.5 Å². The Kier molecular flexibility index (Phi) is 6.52. The summed E-state index contributed by atoms with van der Waals surface area (Å²) in [5.41, 5.74) is 2.37. The van der Waals surface area contributed by atoms with Crippen LogP contribution < -0.4 is 4.74 Å². The quantitative estimate of drug-likeness (QED) is 0.784. The van der Waals surface area contributed by atoms with Gasteiger partial charge in [0.1, 0.15) is 5.75 Å². The maximum absolute atomic E-state index is 8.74. The second-order valence-corrected chi connectivity index (χ2v) is 5.54. The summed E-state index contributed by atoms with van der Waals surface area (Å²) in [4.78, 5) is 0. The normalized spacial score (nSPS) is 10.4. The van der Waals surface area contributed by atoms with E-state index in [9.17, 15) is 0 Å². The molecule has 0 amide bonds. The van der Waals surface area contributed by atoms with Crippen molar-refractivity contribution in [2.75, 3.05) is 6.61 Å². The summed E-state index contributed by atoms with van der Waals surface area (Å²) >= 11 is 0. The summed E-state index contributed by atoms with van der Waals surface area (Å²) in [5.74, 6) is 13.1. The monoisotopic (exact) mass is 313 g/mol. The zero-order valence-electron chi connectivity index (χ0n) is 14.0. The van der Waals surface area contributed by atoms with Crippen LogP contribution in [0.1, 0.15) is 37.0 Å². The van der Waals surface area contributed by atoms with Crippen LogP contribution in [0.25, 0.3) is 0 Å². The highest BCUT2D eigenvalue weighted by Gasteiger charge is 1.99. The SMILES string of the molecule is CC[C@H](C)COc1ccc(C#CC#Cc2ccc(C#N)cc2)cc1. The first-order valence-electron chi connectivity index (χ1n) is 7.96. The molecule has 118 valence electrons. The highest BCUT2D eigenvalue weighted by atomic mass is 16.5. The van der Waals surface area contributed by atoms with Crippen molar-refractivity contribution in [2.45, 2.75) is 20.3 Å². The molecule has 2 aromatic rings. The third kappa shape index (κ3) is 5.57. The zero-order valence-corrected chi connectivity index (χ0v) is 14.0. The Morgan fingerprint density at radius 1 is 0.875 bits per heavy atom. The van der Waals surface area contributed by atoms with Gasteiger partial charge in [0.2, 0.25) is 0 Å². The molecule has 0 aromatic heterocycles. The van der Waals surface area contributed by atoms with E-state index in [2.05, 4.69) is 43.6 Å². The lowest BCUT2D eigenvalue weighted by Crippen LogP contribution is -2.06. The van der Waals surface area contributed by atoms with Gasteiger partial charge in [-0.05, 0) is 66.3 Å². The molecule has 0 saturated carbocycles. The molecular weight excluding hydrogens is 294 g/mol. The molecule has 0 aliphatic carbocycles. The molecule has 0 N–H and O–H groups in total. The van der Waals surface area contributed by atoms with Gasteiger partial charge < -0.3 is 4.74 Å². The fourth-order valence-electron chi connectivity index (χ4n) is 1.83. The molecule has 0 bridgehead atoms. The van der Waals surface area contributed by atoms with Gasteiger partial charge in [-0.15, -0.1) is 0 Å². The Hall–Kier alpha value is -3.15. The highest BCUT2D eigenvalue weighted by molar-refractivity contribution is 5.46. The first kappa shape index (κ1) is 17.2. The summed E-state index contributed by atoms with van der Waals surface area (Å²) in [5, 5.41) is 8.74. The molecule has 0 aliphatic rings. The van der Waals surface area contributed by atoms with Crippen LogP contribution in [0, 0.1) is 40.9 Å². The molecule has 0 saturated heterocycles. The summed E-state index contributed by atoms with van der Waals surface area (Å²) in [6.07, 6.45) is 1.11. The minimum Gasteiger partial charge on any atom is -0.493 e. The molecule has 2 heteroatoms. The summed E-state index contributed by atoms with van der Waals surface area (Å²) in [6, 6.07) is 16.9. The minimum atomic E-state index is 0.557. The molecule has 1 atom stereocenters. The van der Waals surface area contributed by atoms with Gasteiger partial charge in [0.15, 0.2) is 0 Å². The number of benzene rings is 2. The van der Waals surface area contributed by atoms with Gasteiger partial charge in [0.05, 0.1) is 18.2 Å². The van der Waals surface area contributed by atoms with E-state index in [1.807, 2.05) is 36.4 Å². The second kappa shape index (κ2) is 9.09. The van der Waals surface area contributed by atoms with E-state index in [-0.39, 0.29) is 0 Å². The Balaban J connectivity index is 1.94. The Labute approximate surface area is 144 Å². The van der Waals surface area contributed by atoms with Gasteiger partial charge in [-0.1, -0.05) is 32.1 Å². The molecule has 0 heterocycles. The van der Waals surface area contributed by atoms with Crippen molar-refractivity contribution in [3.8, 4) is 35.5 Å². The Morgan fingerprint density at radius 3 is 1.88 bits per heavy atom. The van der Waals surface area contributed by atoms with Gasteiger partial charge in [-0.25, -0.2) is 0 Å². The first-order chi connectivity index (χ1) is 11.7. The van der Waals surface area contributed by atoms with Crippen LogP contribution in [-0.4, -0.2) is 6.61 Å². The van der Waals surface area contributed by atoms with E-state index >= 15 is 0 Å². The van der Waals surface area contributed by atoms with Crippen LogP contribution in [0.4, 0.5) is 0 Å². The molecule has 0 unspecified atom stereocenters. The van der Waals surface area contributed by atoms with E-state index in [0.29, 0.717) is 11.5 Å². The van der Waals surface area contributed by atoms with Gasteiger partial charge in [0, 0.05) is 11.1 Å². The predicted octanol–water partition coefficient (Wildman–Crippen LogP) is 4.39. The highest BCUT2D eigenvalue weighted by Crippen LogP contribution is 2.13. The number of hydrogen-bond acceptors (Lipinski definition) is 2. The Morgan fingerprint density at radius 2 is 1.38 bits per heavy atom. The Bertz CT molecular complexity index is 819. The van der Waals surface area contributed by atoms with E-state index in [1.54, 1.807) is 12.1 Å². The van der Waals surface area contributed by atoms with Crippen molar-refractivity contribution in [1.29, 1.82) is 5.26 Å². The first-order valence-corrected chi connectivity index (χ1v) is 7.96. The third-order valence-electron chi connectivity index (χ3n) is 3.58. The van der Waals surface area contributed by atoms with E-state index in [0.717, 1.165) is 29.9 Å². The maximum atomic E-state index is 8.74.